The summed E-state index contributed by atoms with van der Waals surface area (Å²) < 4.78 is 16.0. The van der Waals surface area contributed by atoms with Crippen LogP contribution in [0.4, 0.5) is 0 Å². The van der Waals surface area contributed by atoms with E-state index in [1.54, 1.807) is 13.2 Å². The second-order valence-electron chi connectivity index (χ2n) is 4.16. The number of carboxylic acid groups (broad SMARTS) is 1. The van der Waals surface area contributed by atoms with Gasteiger partial charge in [0.05, 0.1) is 20.3 Å². The van der Waals surface area contributed by atoms with Crippen molar-refractivity contribution in [3.05, 3.63) is 23.8 Å². The summed E-state index contributed by atoms with van der Waals surface area (Å²) in [6.45, 7) is 1.17. The van der Waals surface area contributed by atoms with E-state index in [0.717, 1.165) is 5.56 Å². The minimum Gasteiger partial charge on any atom is -0.493 e. The lowest BCUT2D eigenvalue weighted by molar-refractivity contribution is -0.136. The highest BCUT2D eigenvalue weighted by molar-refractivity contribution is 5.67. The van der Waals surface area contributed by atoms with E-state index in [9.17, 15) is 4.79 Å². The summed E-state index contributed by atoms with van der Waals surface area (Å²) in [6.07, 6.45) is 0.656. The molecule has 98 valence electrons. The Morgan fingerprint density at radius 2 is 2.22 bits per heavy atom. The Morgan fingerprint density at radius 3 is 2.78 bits per heavy atom. The van der Waals surface area contributed by atoms with Gasteiger partial charge in [0.2, 0.25) is 0 Å². The fourth-order valence-corrected chi connectivity index (χ4v) is 1.68. The average molecular weight is 252 g/mol. The van der Waals surface area contributed by atoms with Crippen molar-refractivity contribution in [1.29, 1.82) is 0 Å². The lowest BCUT2D eigenvalue weighted by Gasteiger charge is -2.27. The highest BCUT2D eigenvalue weighted by Crippen LogP contribution is 2.30. The first-order valence-corrected chi connectivity index (χ1v) is 5.82. The van der Waals surface area contributed by atoms with Gasteiger partial charge in [0.25, 0.3) is 0 Å². The molecule has 0 unspecified atom stereocenters. The van der Waals surface area contributed by atoms with Gasteiger partial charge >= 0.3 is 5.97 Å². The molecule has 0 atom stereocenters. The van der Waals surface area contributed by atoms with Crippen molar-refractivity contribution < 1.29 is 24.1 Å². The average Bonchev–Trinajstić information content (AvgIpc) is 2.31. The fourth-order valence-electron chi connectivity index (χ4n) is 1.68. The van der Waals surface area contributed by atoms with Crippen LogP contribution in [0.2, 0.25) is 0 Å². The maximum absolute atomic E-state index is 10.5. The molecule has 1 heterocycles. The number of hydrogen-bond donors (Lipinski definition) is 1. The second kappa shape index (κ2) is 5.73. The first-order chi connectivity index (χ1) is 8.69. The summed E-state index contributed by atoms with van der Waals surface area (Å²) in [6, 6.07) is 5.48. The SMILES string of the molecule is COc1ccc(CCC(=O)O)cc1OC1COC1. The number of benzene rings is 1. The zero-order valence-electron chi connectivity index (χ0n) is 10.2. The van der Waals surface area contributed by atoms with Crippen LogP contribution in [0.1, 0.15) is 12.0 Å². The van der Waals surface area contributed by atoms with Crippen molar-refractivity contribution >= 4 is 5.97 Å². The smallest absolute Gasteiger partial charge is 0.303 e. The standard InChI is InChI=1S/C13H16O5/c1-16-11-4-2-9(3-5-13(14)15)6-12(11)18-10-7-17-8-10/h2,4,6,10H,3,5,7-8H2,1H3,(H,14,15). The van der Waals surface area contributed by atoms with E-state index in [0.29, 0.717) is 31.1 Å². The largest absolute Gasteiger partial charge is 0.493 e. The monoisotopic (exact) mass is 252 g/mol. The predicted octanol–water partition coefficient (Wildman–Crippen LogP) is 1.49. The first kappa shape index (κ1) is 12.7. The molecule has 1 N–H and O–H groups in total. The Bertz CT molecular complexity index is 425. The number of hydrogen-bond acceptors (Lipinski definition) is 4. The van der Waals surface area contributed by atoms with Gasteiger partial charge in [0.1, 0.15) is 6.10 Å². The number of ether oxygens (including phenoxy) is 3. The van der Waals surface area contributed by atoms with Gasteiger partial charge in [0.15, 0.2) is 11.5 Å². The molecule has 0 spiro atoms. The van der Waals surface area contributed by atoms with Crippen LogP contribution >= 0.6 is 0 Å². The van der Waals surface area contributed by atoms with E-state index < -0.39 is 5.97 Å². The maximum Gasteiger partial charge on any atom is 0.303 e. The van der Waals surface area contributed by atoms with E-state index >= 15 is 0 Å². The van der Waals surface area contributed by atoms with E-state index in [4.69, 9.17) is 19.3 Å². The van der Waals surface area contributed by atoms with Crippen LogP contribution in [0.15, 0.2) is 18.2 Å². The summed E-state index contributed by atoms with van der Waals surface area (Å²) in [5.41, 5.74) is 0.924. The Kier molecular flexibility index (Phi) is 4.04. The van der Waals surface area contributed by atoms with Gasteiger partial charge in [-0.3, -0.25) is 4.79 Å². The zero-order valence-corrected chi connectivity index (χ0v) is 10.2. The molecular formula is C13H16O5. The van der Waals surface area contributed by atoms with Gasteiger partial charge in [0, 0.05) is 6.42 Å². The van der Waals surface area contributed by atoms with Crippen LogP contribution in [0.5, 0.6) is 11.5 Å². The van der Waals surface area contributed by atoms with Gasteiger partial charge in [-0.05, 0) is 24.1 Å². The van der Waals surface area contributed by atoms with E-state index in [1.807, 2.05) is 12.1 Å². The molecule has 1 aromatic carbocycles. The minimum atomic E-state index is -0.805. The predicted molar refractivity (Wildman–Crippen MR) is 64.2 cm³/mol. The molecule has 5 heteroatoms. The second-order valence-corrected chi connectivity index (χ2v) is 4.16. The molecule has 0 saturated carbocycles. The number of carbonyl (C=O) groups is 1. The van der Waals surface area contributed by atoms with E-state index in [1.165, 1.54) is 0 Å². The first-order valence-electron chi connectivity index (χ1n) is 5.82. The lowest BCUT2D eigenvalue weighted by Crippen LogP contribution is -2.38. The highest BCUT2D eigenvalue weighted by atomic mass is 16.6. The molecule has 0 bridgehead atoms. The molecule has 0 aromatic heterocycles. The number of aliphatic carboxylic acids is 1. The Labute approximate surface area is 105 Å². The molecule has 1 aromatic rings. The van der Waals surface area contributed by atoms with E-state index in [2.05, 4.69) is 0 Å². The molecule has 18 heavy (non-hydrogen) atoms. The number of methoxy groups -OCH3 is 1. The third kappa shape index (κ3) is 3.13. The molecule has 5 nitrogen and oxygen atoms in total. The third-order valence-electron chi connectivity index (χ3n) is 2.76. The molecule has 0 radical (unpaired) electrons. The summed E-state index contributed by atoms with van der Waals surface area (Å²) in [5, 5.41) is 8.67. The highest BCUT2D eigenvalue weighted by Gasteiger charge is 2.21. The van der Waals surface area contributed by atoms with Crippen molar-refractivity contribution in [3.8, 4) is 11.5 Å². The summed E-state index contributed by atoms with van der Waals surface area (Å²) in [4.78, 5) is 10.5. The van der Waals surface area contributed by atoms with Gasteiger partial charge in [-0.1, -0.05) is 6.07 Å². The topological polar surface area (TPSA) is 65.0 Å². The number of rotatable bonds is 6. The van der Waals surface area contributed by atoms with Gasteiger partial charge in [-0.15, -0.1) is 0 Å². The Hall–Kier alpha value is -1.75. The molecular weight excluding hydrogens is 236 g/mol. The molecule has 0 aliphatic carbocycles. The molecule has 0 amide bonds. The summed E-state index contributed by atoms with van der Waals surface area (Å²) in [5.74, 6) is 0.496. The zero-order chi connectivity index (χ0) is 13.0. The number of carboxylic acids is 1. The van der Waals surface area contributed by atoms with Crippen LogP contribution in [0.25, 0.3) is 0 Å². The van der Waals surface area contributed by atoms with Crippen LogP contribution in [-0.4, -0.2) is 37.5 Å². The third-order valence-corrected chi connectivity index (χ3v) is 2.76. The maximum atomic E-state index is 10.5. The van der Waals surface area contributed by atoms with Crippen molar-refractivity contribution in [2.24, 2.45) is 0 Å². The van der Waals surface area contributed by atoms with Crippen molar-refractivity contribution in [2.75, 3.05) is 20.3 Å². The molecule has 1 fully saturated rings. The van der Waals surface area contributed by atoms with E-state index in [-0.39, 0.29) is 12.5 Å². The molecule has 1 aliphatic heterocycles. The van der Waals surface area contributed by atoms with Crippen LogP contribution in [-0.2, 0) is 16.0 Å². The molecule has 1 aliphatic rings. The quantitative estimate of drug-likeness (QED) is 0.831. The molecule has 1 saturated heterocycles. The van der Waals surface area contributed by atoms with Crippen molar-refractivity contribution in [3.63, 3.8) is 0 Å². The van der Waals surface area contributed by atoms with Crippen LogP contribution < -0.4 is 9.47 Å². The lowest BCUT2D eigenvalue weighted by atomic mass is 10.1. The number of aryl methyl sites for hydroxylation is 1. The summed E-state index contributed by atoms with van der Waals surface area (Å²) >= 11 is 0. The normalized spacial score (nSPS) is 14.9. The van der Waals surface area contributed by atoms with Gasteiger partial charge in [-0.2, -0.15) is 0 Å². The van der Waals surface area contributed by atoms with Crippen LogP contribution in [0.3, 0.4) is 0 Å². The van der Waals surface area contributed by atoms with Crippen LogP contribution in [0, 0.1) is 0 Å². The van der Waals surface area contributed by atoms with Crippen molar-refractivity contribution in [1.82, 2.24) is 0 Å². The van der Waals surface area contributed by atoms with Gasteiger partial charge < -0.3 is 19.3 Å². The molecule has 2 rings (SSSR count). The van der Waals surface area contributed by atoms with Crippen molar-refractivity contribution in [2.45, 2.75) is 18.9 Å². The minimum absolute atomic E-state index is 0.0635. The Balaban J connectivity index is 2.07. The summed E-state index contributed by atoms with van der Waals surface area (Å²) in [7, 11) is 1.58. The Morgan fingerprint density at radius 1 is 1.44 bits per heavy atom. The fraction of sp³-hybridized carbons (Fsp3) is 0.462. The van der Waals surface area contributed by atoms with Gasteiger partial charge in [-0.25, -0.2) is 0 Å².